The quantitative estimate of drug-likeness (QED) is 0.424. The van der Waals surface area contributed by atoms with E-state index in [1.807, 2.05) is 59.0 Å². The van der Waals surface area contributed by atoms with Crippen LogP contribution in [0, 0.1) is 31.1 Å². The summed E-state index contributed by atoms with van der Waals surface area (Å²) < 4.78 is 0. The van der Waals surface area contributed by atoms with Crippen molar-refractivity contribution in [3.05, 3.63) is 64.2 Å². The predicted octanol–water partition coefficient (Wildman–Crippen LogP) is 3.53. The number of aryl methyl sites for hydroxylation is 2. The second-order valence-corrected chi connectivity index (χ2v) is 7.14. The minimum atomic E-state index is 0.0331. The molecule has 0 fully saturated rings. The van der Waals surface area contributed by atoms with Crippen LogP contribution in [0.3, 0.4) is 0 Å². The van der Waals surface area contributed by atoms with Crippen LogP contribution in [0.2, 0.25) is 0 Å². The maximum absolute atomic E-state index is 12.6. The van der Waals surface area contributed by atoms with Gasteiger partial charge in [-0.05, 0) is 75.2 Å². The fourth-order valence-electron chi connectivity index (χ4n) is 2.66. The number of nitrogens with two attached hydrogens (primary N) is 1. The summed E-state index contributed by atoms with van der Waals surface area (Å²) in [6.45, 7) is 8.42. The van der Waals surface area contributed by atoms with Crippen LogP contribution in [-0.4, -0.2) is 36.3 Å². The van der Waals surface area contributed by atoms with Gasteiger partial charge in [0.15, 0.2) is 0 Å². The van der Waals surface area contributed by atoms with Crippen LogP contribution in [0.1, 0.15) is 46.5 Å². The van der Waals surface area contributed by atoms with Crippen molar-refractivity contribution in [2.45, 2.75) is 33.7 Å². The molecule has 5 heteroatoms. The molecule has 0 bridgehead atoms. The Morgan fingerprint density at radius 1 is 1.18 bits per heavy atom. The van der Waals surface area contributed by atoms with Crippen LogP contribution in [0.25, 0.3) is 0 Å². The third-order valence-corrected chi connectivity index (χ3v) is 4.70. The van der Waals surface area contributed by atoms with Crippen molar-refractivity contribution in [2.75, 3.05) is 18.9 Å². The molecule has 146 valence electrons. The zero-order valence-corrected chi connectivity index (χ0v) is 17.2. The molecule has 4 N–H and O–H groups in total. The summed E-state index contributed by atoms with van der Waals surface area (Å²) in [5.41, 5.74) is 10.6. The molecule has 2 aromatic carbocycles. The average molecular weight is 377 g/mol. The van der Waals surface area contributed by atoms with Gasteiger partial charge in [0.1, 0.15) is 5.84 Å². The van der Waals surface area contributed by atoms with Crippen molar-refractivity contribution < 1.29 is 4.79 Å². The van der Waals surface area contributed by atoms with Crippen molar-refractivity contribution >= 4 is 17.4 Å². The number of nitrogens with zero attached hydrogens (tertiary/aromatic N) is 1. The highest BCUT2D eigenvalue weighted by atomic mass is 16.2. The lowest BCUT2D eigenvalue weighted by atomic mass is 9.99. The minimum absolute atomic E-state index is 0.0331. The summed E-state index contributed by atoms with van der Waals surface area (Å²) in [4.78, 5) is 14.4. The van der Waals surface area contributed by atoms with E-state index in [4.69, 9.17) is 11.1 Å². The molecule has 0 saturated carbocycles. The highest BCUT2D eigenvalue weighted by Gasteiger charge is 2.17. The van der Waals surface area contributed by atoms with Crippen molar-refractivity contribution in [1.82, 2.24) is 4.90 Å². The summed E-state index contributed by atoms with van der Waals surface area (Å²) in [5.74, 6) is 6.39. The lowest BCUT2D eigenvalue weighted by molar-refractivity contribution is 0.0754. The van der Waals surface area contributed by atoms with Crippen LogP contribution in [0.5, 0.6) is 0 Å². The summed E-state index contributed by atoms with van der Waals surface area (Å²) >= 11 is 0. The van der Waals surface area contributed by atoms with Crippen LogP contribution < -0.4 is 11.1 Å². The Morgan fingerprint density at radius 3 is 2.39 bits per heavy atom. The summed E-state index contributed by atoms with van der Waals surface area (Å²) in [6, 6.07) is 11.4. The third kappa shape index (κ3) is 5.14. The fraction of sp³-hybridized carbons (Fsp3) is 0.304. The largest absolute Gasteiger partial charge is 0.384 e. The maximum atomic E-state index is 12.6. The predicted molar refractivity (Wildman–Crippen MR) is 116 cm³/mol. The molecule has 5 nitrogen and oxygen atoms in total. The molecule has 0 radical (unpaired) electrons. The molecule has 0 spiro atoms. The molecule has 0 saturated heterocycles. The Bertz CT molecular complexity index is 934. The molecule has 0 atom stereocenters. The summed E-state index contributed by atoms with van der Waals surface area (Å²) in [6.07, 6.45) is 0. The standard InChI is InChI=1S/C23H28N4O/c1-15(2)27(5)23(28)21-14-16(3)19(13-17(21)4)7-6-12-26-20-10-8-18(9-11-20)22(24)25/h8-11,13-15,26H,12H2,1-5H3,(H3,24,25). The molecule has 28 heavy (non-hydrogen) atoms. The van der Waals surface area contributed by atoms with Gasteiger partial charge in [-0.3, -0.25) is 10.2 Å². The molecule has 0 aliphatic heterocycles. The third-order valence-electron chi connectivity index (χ3n) is 4.70. The summed E-state index contributed by atoms with van der Waals surface area (Å²) in [7, 11) is 1.82. The number of carbonyl (C=O) groups excluding carboxylic acids is 1. The second-order valence-electron chi connectivity index (χ2n) is 7.14. The molecule has 0 aromatic heterocycles. The number of carbonyl (C=O) groups is 1. The highest BCUT2D eigenvalue weighted by Crippen LogP contribution is 2.18. The minimum Gasteiger partial charge on any atom is -0.384 e. The molecule has 2 aromatic rings. The molecule has 0 aliphatic rings. The summed E-state index contributed by atoms with van der Waals surface area (Å²) in [5, 5.41) is 10.6. The first-order valence-corrected chi connectivity index (χ1v) is 9.26. The molecule has 0 aliphatic carbocycles. The van der Waals surface area contributed by atoms with Gasteiger partial charge in [0.2, 0.25) is 0 Å². The van der Waals surface area contributed by atoms with E-state index < -0.39 is 0 Å². The maximum Gasteiger partial charge on any atom is 0.254 e. The monoisotopic (exact) mass is 376 g/mol. The van der Waals surface area contributed by atoms with E-state index in [9.17, 15) is 4.79 Å². The molecular weight excluding hydrogens is 348 g/mol. The molecule has 0 unspecified atom stereocenters. The number of nitrogen functional groups attached to an aromatic ring is 1. The topological polar surface area (TPSA) is 82.2 Å². The van der Waals surface area contributed by atoms with Crippen LogP contribution in [-0.2, 0) is 0 Å². The van der Waals surface area contributed by atoms with E-state index in [0.29, 0.717) is 12.1 Å². The fourth-order valence-corrected chi connectivity index (χ4v) is 2.66. The number of anilines is 1. The Labute approximate surface area is 167 Å². The van der Waals surface area contributed by atoms with Crippen LogP contribution in [0.4, 0.5) is 5.69 Å². The van der Waals surface area contributed by atoms with Gasteiger partial charge in [-0.2, -0.15) is 0 Å². The number of hydrogen-bond acceptors (Lipinski definition) is 3. The van der Waals surface area contributed by atoms with Crippen molar-refractivity contribution in [2.24, 2.45) is 5.73 Å². The first kappa shape index (κ1) is 21.0. The molecular formula is C23H28N4O. The zero-order valence-electron chi connectivity index (χ0n) is 17.2. The number of hydrogen-bond donors (Lipinski definition) is 3. The van der Waals surface area contributed by atoms with Gasteiger partial charge in [-0.15, -0.1) is 0 Å². The average Bonchev–Trinajstić information content (AvgIpc) is 2.66. The van der Waals surface area contributed by atoms with Gasteiger partial charge >= 0.3 is 0 Å². The number of amides is 1. The van der Waals surface area contributed by atoms with Crippen molar-refractivity contribution in [3.63, 3.8) is 0 Å². The zero-order chi connectivity index (χ0) is 20.8. The lowest BCUT2D eigenvalue weighted by Crippen LogP contribution is -2.33. The lowest BCUT2D eigenvalue weighted by Gasteiger charge is -2.22. The number of benzene rings is 2. The van der Waals surface area contributed by atoms with Crippen molar-refractivity contribution in [3.8, 4) is 11.8 Å². The first-order valence-electron chi connectivity index (χ1n) is 9.26. The van der Waals surface area contributed by atoms with Gasteiger partial charge < -0.3 is 16.0 Å². The van der Waals surface area contributed by atoms with Crippen LogP contribution >= 0.6 is 0 Å². The van der Waals surface area contributed by atoms with E-state index in [1.165, 1.54) is 0 Å². The second kappa shape index (κ2) is 9.09. The molecule has 1 amide bonds. The van der Waals surface area contributed by atoms with E-state index in [-0.39, 0.29) is 17.8 Å². The van der Waals surface area contributed by atoms with Gasteiger partial charge in [-0.1, -0.05) is 11.8 Å². The van der Waals surface area contributed by atoms with E-state index in [2.05, 4.69) is 17.2 Å². The van der Waals surface area contributed by atoms with E-state index >= 15 is 0 Å². The van der Waals surface area contributed by atoms with Gasteiger partial charge in [-0.25, -0.2) is 0 Å². The normalized spacial score (nSPS) is 10.2. The van der Waals surface area contributed by atoms with Gasteiger partial charge in [0, 0.05) is 35.5 Å². The highest BCUT2D eigenvalue weighted by molar-refractivity contribution is 5.96. The number of amidine groups is 1. The number of nitrogens with one attached hydrogen (secondary N) is 2. The SMILES string of the molecule is Cc1cc(C(=O)N(C)C(C)C)c(C)cc1C#CCNc1ccc(C(=N)N)cc1. The van der Waals surface area contributed by atoms with Crippen LogP contribution in [0.15, 0.2) is 36.4 Å². The molecule has 2 rings (SSSR count). The smallest absolute Gasteiger partial charge is 0.254 e. The number of rotatable bonds is 5. The van der Waals surface area contributed by atoms with Gasteiger partial charge in [0.05, 0.1) is 6.54 Å². The Morgan fingerprint density at radius 2 is 1.82 bits per heavy atom. The van der Waals surface area contributed by atoms with Gasteiger partial charge in [0.25, 0.3) is 5.91 Å². The first-order chi connectivity index (χ1) is 13.2. The Kier molecular flexibility index (Phi) is 6.84. The van der Waals surface area contributed by atoms with E-state index in [1.54, 1.807) is 17.0 Å². The van der Waals surface area contributed by atoms with Crippen molar-refractivity contribution in [1.29, 1.82) is 5.41 Å². The Hall–Kier alpha value is -3.26. The Balaban J connectivity index is 2.08. The van der Waals surface area contributed by atoms with E-state index in [0.717, 1.165) is 27.9 Å². The molecule has 0 heterocycles.